The maximum Gasteiger partial charge on any atom is 0.0778 e. The zero-order chi connectivity index (χ0) is 28.1. The molecule has 1 aliphatic heterocycles. The van der Waals surface area contributed by atoms with Crippen molar-refractivity contribution in [3.05, 3.63) is 131 Å². The molecule has 0 amide bonds. The summed E-state index contributed by atoms with van der Waals surface area (Å²) in [6.07, 6.45) is 17.4. The van der Waals surface area contributed by atoms with E-state index in [0.29, 0.717) is 0 Å². The summed E-state index contributed by atoms with van der Waals surface area (Å²) in [5.74, 6) is 13.4. The molecule has 200 valence electrons. The summed E-state index contributed by atoms with van der Waals surface area (Å²) in [4.78, 5) is 14.1. The van der Waals surface area contributed by atoms with Gasteiger partial charge in [0, 0.05) is 39.0 Å². The minimum Gasteiger partial charge on any atom is -0.137 e. The summed E-state index contributed by atoms with van der Waals surface area (Å²) in [6.45, 7) is 0. The Morgan fingerprint density at radius 2 is 0.429 bits per heavy atom. The Morgan fingerprint density at radius 1 is 0.238 bits per heavy atom. The van der Waals surface area contributed by atoms with Crippen molar-refractivity contribution in [3.8, 4) is 23.7 Å². The molecule has 7 heterocycles. The summed E-state index contributed by atoms with van der Waals surface area (Å²) in [7, 11) is 0. The highest BCUT2D eigenvalue weighted by molar-refractivity contribution is 7.16. The lowest BCUT2D eigenvalue weighted by Gasteiger charge is -1.86. The summed E-state index contributed by atoms with van der Waals surface area (Å²) in [6, 6.07) is 25.7. The lowest BCUT2D eigenvalue weighted by Crippen LogP contribution is -1.62. The molecule has 6 heteroatoms. The monoisotopic (exact) mass is 644 g/mol. The molecule has 7 rings (SSSR count). The molecule has 0 N–H and O–H groups in total. The van der Waals surface area contributed by atoms with E-state index in [1.54, 1.807) is 68.0 Å². The first kappa shape index (κ1) is 27.1. The van der Waals surface area contributed by atoms with Crippen LogP contribution in [0.5, 0.6) is 0 Å². The molecule has 0 radical (unpaired) electrons. The standard InChI is InChI=1S/C36H20S6/c1-2-26-15-16-28-5-6-30(39-28)19-20-32-9-10-34(41-32)23-24-36-12-11-35(42-36)22-21-33-8-7-31(40-33)18-17-29-4-3-27(38-29)14-13-25(1)37-26/h1-16,21-24H/b14-13-,16-15+,22-21+,24-23-,25-13?,26-15?,27-14?,28-16?,33-21?,34-23?,35-22?,36-24?. The number of thiophene rings is 6. The van der Waals surface area contributed by atoms with Crippen LogP contribution < -0.4 is 0 Å². The average molecular weight is 645 g/mol. The highest BCUT2D eigenvalue weighted by atomic mass is 32.1. The van der Waals surface area contributed by atoms with Gasteiger partial charge in [0.25, 0.3) is 0 Å². The fourth-order valence-electron chi connectivity index (χ4n) is 4.04. The van der Waals surface area contributed by atoms with Crippen LogP contribution in [0.15, 0.2) is 72.8 Å². The van der Waals surface area contributed by atoms with Gasteiger partial charge in [-0.1, -0.05) is 0 Å². The Bertz CT molecular complexity index is 1820. The number of fused-ring (bicyclic) bond motifs is 12. The molecule has 12 bridgehead atoms. The van der Waals surface area contributed by atoms with Crippen molar-refractivity contribution in [1.82, 2.24) is 0 Å². The molecule has 1 aliphatic rings. The zero-order valence-corrected chi connectivity index (χ0v) is 26.9. The lowest BCUT2D eigenvalue weighted by atomic mass is 10.3. The predicted molar refractivity (Wildman–Crippen MR) is 194 cm³/mol. The van der Waals surface area contributed by atoms with E-state index in [-0.39, 0.29) is 0 Å². The minimum atomic E-state index is 1.08. The molecule has 0 spiro atoms. The Kier molecular flexibility index (Phi) is 8.17. The van der Waals surface area contributed by atoms with Crippen LogP contribution in [0.25, 0.3) is 48.6 Å². The molecule has 0 aliphatic carbocycles. The first-order valence-corrected chi connectivity index (χ1v) is 18.0. The van der Waals surface area contributed by atoms with Gasteiger partial charge in [-0.15, -0.1) is 68.0 Å². The van der Waals surface area contributed by atoms with E-state index >= 15 is 0 Å². The van der Waals surface area contributed by atoms with Crippen molar-refractivity contribution >= 4 is 117 Å². The molecule has 0 atom stereocenters. The summed E-state index contributed by atoms with van der Waals surface area (Å²) < 4.78 is 0. The molecular formula is C36H20S6. The summed E-state index contributed by atoms with van der Waals surface area (Å²) in [5, 5.41) is 0. The van der Waals surface area contributed by atoms with Crippen molar-refractivity contribution in [1.29, 1.82) is 0 Å². The molecule has 42 heavy (non-hydrogen) atoms. The first-order valence-electron chi connectivity index (χ1n) is 13.1. The molecule has 0 saturated carbocycles. The van der Waals surface area contributed by atoms with Crippen LogP contribution in [0.2, 0.25) is 0 Å². The summed E-state index contributed by atoms with van der Waals surface area (Å²) >= 11 is 10.5. The van der Waals surface area contributed by atoms with E-state index in [2.05, 4.69) is 145 Å². The second-order valence-corrected chi connectivity index (χ2v) is 15.9. The van der Waals surface area contributed by atoms with Gasteiger partial charge in [-0.3, -0.25) is 0 Å². The van der Waals surface area contributed by atoms with Crippen LogP contribution in [-0.4, -0.2) is 0 Å². The predicted octanol–water partition coefficient (Wildman–Crippen LogP) is 11.9. The smallest absolute Gasteiger partial charge is 0.0778 e. The third kappa shape index (κ3) is 7.01. The number of hydrogen-bond donors (Lipinski definition) is 0. The van der Waals surface area contributed by atoms with E-state index in [4.69, 9.17) is 0 Å². The fraction of sp³-hybridized carbons (Fsp3) is 0. The van der Waals surface area contributed by atoms with Crippen LogP contribution in [0.1, 0.15) is 58.5 Å². The maximum atomic E-state index is 3.34. The molecule has 0 saturated heterocycles. The topological polar surface area (TPSA) is 0 Å². The van der Waals surface area contributed by atoms with Crippen LogP contribution in [0.3, 0.4) is 0 Å². The van der Waals surface area contributed by atoms with Gasteiger partial charge in [0.05, 0.1) is 19.5 Å². The van der Waals surface area contributed by atoms with E-state index in [1.165, 1.54) is 39.0 Å². The molecule has 6 aromatic heterocycles. The van der Waals surface area contributed by atoms with Crippen LogP contribution in [-0.2, 0) is 0 Å². The largest absolute Gasteiger partial charge is 0.137 e. The molecular weight excluding hydrogens is 625 g/mol. The Hall–Kier alpha value is -3.72. The van der Waals surface area contributed by atoms with Gasteiger partial charge in [0.2, 0.25) is 0 Å². The third-order valence-corrected chi connectivity index (χ3v) is 12.0. The fourth-order valence-corrected chi connectivity index (χ4v) is 8.73. The van der Waals surface area contributed by atoms with Crippen LogP contribution in [0, 0.1) is 23.7 Å². The van der Waals surface area contributed by atoms with Gasteiger partial charge in [0.1, 0.15) is 0 Å². The van der Waals surface area contributed by atoms with Gasteiger partial charge in [0.15, 0.2) is 0 Å². The van der Waals surface area contributed by atoms with Crippen LogP contribution in [0.4, 0.5) is 0 Å². The Balaban J connectivity index is 1.17. The van der Waals surface area contributed by atoms with Crippen molar-refractivity contribution in [3.63, 3.8) is 0 Å². The zero-order valence-electron chi connectivity index (χ0n) is 22.0. The number of hydrogen-bond acceptors (Lipinski definition) is 6. The molecule has 0 unspecified atom stereocenters. The van der Waals surface area contributed by atoms with Crippen molar-refractivity contribution in [2.75, 3.05) is 0 Å². The maximum absolute atomic E-state index is 3.34. The van der Waals surface area contributed by atoms with Crippen molar-refractivity contribution in [2.45, 2.75) is 0 Å². The quantitative estimate of drug-likeness (QED) is 0.144. The first-order chi connectivity index (χ1) is 20.7. The molecule has 6 aromatic rings. The van der Waals surface area contributed by atoms with E-state index in [9.17, 15) is 0 Å². The van der Waals surface area contributed by atoms with Gasteiger partial charge < -0.3 is 0 Å². The number of rotatable bonds is 0. The van der Waals surface area contributed by atoms with E-state index < -0.39 is 0 Å². The molecule has 0 aromatic carbocycles. The minimum absolute atomic E-state index is 1.08. The van der Waals surface area contributed by atoms with Crippen LogP contribution >= 0.6 is 68.0 Å². The SMILES string of the molecule is C1#Cc2ccc(s2)/C=C/c2ccc(s2)/C=C\c2ccc(s2)C#Cc2ccc(s2)/C=C/c2ccc(s2)/C=C\c2ccc1s2. The lowest BCUT2D eigenvalue weighted by molar-refractivity contribution is 1.87. The summed E-state index contributed by atoms with van der Waals surface area (Å²) in [5.41, 5.74) is 0. The Labute approximate surface area is 269 Å². The van der Waals surface area contributed by atoms with Gasteiger partial charge >= 0.3 is 0 Å². The van der Waals surface area contributed by atoms with Crippen molar-refractivity contribution < 1.29 is 0 Å². The van der Waals surface area contributed by atoms with Crippen molar-refractivity contribution in [2.24, 2.45) is 0 Å². The van der Waals surface area contributed by atoms with Gasteiger partial charge in [-0.25, -0.2) is 0 Å². The normalized spacial score (nSPS) is 15.4. The molecule has 0 nitrogen and oxygen atoms in total. The van der Waals surface area contributed by atoms with E-state index in [1.807, 2.05) is 0 Å². The third-order valence-electron chi connectivity index (χ3n) is 6.07. The second kappa shape index (κ2) is 12.7. The highest BCUT2D eigenvalue weighted by Crippen LogP contribution is 2.27. The Morgan fingerprint density at radius 3 is 0.667 bits per heavy atom. The molecule has 0 fully saturated rings. The average Bonchev–Trinajstić information content (AvgIpc) is 3.84. The van der Waals surface area contributed by atoms with Gasteiger partial charge in [-0.05, 0) is 145 Å². The highest BCUT2D eigenvalue weighted by Gasteiger charge is 2.01. The van der Waals surface area contributed by atoms with Gasteiger partial charge in [-0.2, -0.15) is 0 Å². The van der Waals surface area contributed by atoms with E-state index in [0.717, 1.165) is 19.5 Å². The second-order valence-electron chi connectivity index (χ2n) is 9.12.